The molecule has 8 heteroatoms. The maximum Gasteiger partial charge on any atom is 0.401 e. The maximum atomic E-state index is 12.3. The largest absolute Gasteiger partial charge is 0.401 e. The summed E-state index contributed by atoms with van der Waals surface area (Å²) in [6, 6.07) is 4.73. The lowest BCUT2D eigenvalue weighted by Gasteiger charge is -2.18. The number of carbonyl (C=O) groups is 1. The lowest BCUT2D eigenvalue weighted by molar-refractivity contribution is -0.143. The lowest BCUT2D eigenvalue weighted by Crippen LogP contribution is -2.36. The fourth-order valence-corrected chi connectivity index (χ4v) is 2.31. The first-order valence-corrected chi connectivity index (χ1v) is 6.67. The van der Waals surface area contributed by atoms with Gasteiger partial charge in [-0.15, -0.1) is 0 Å². The quantitative estimate of drug-likeness (QED) is 0.895. The Kier molecular flexibility index (Phi) is 5.00. The zero-order valence-electron chi connectivity index (χ0n) is 11.4. The molecule has 2 heterocycles. The minimum atomic E-state index is -4.17. The van der Waals surface area contributed by atoms with E-state index in [2.05, 4.69) is 15.6 Å². The van der Waals surface area contributed by atoms with Crippen LogP contribution in [0.3, 0.4) is 0 Å². The van der Waals surface area contributed by atoms with Crippen LogP contribution in [0.2, 0.25) is 0 Å². The molecule has 1 aromatic heterocycles. The zero-order chi connectivity index (χ0) is 15.3. The van der Waals surface area contributed by atoms with Crippen LogP contribution in [0.1, 0.15) is 6.42 Å². The minimum Gasteiger partial charge on any atom is -0.338 e. The average molecular weight is 302 g/mol. The standard InChI is InChI=1S/C13H17F3N4O/c14-13(15,16)9-20-6-4-10(8-20)7-18-12(21)19-11-3-1-2-5-17-11/h1-3,5,10H,4,6-9H2,(H2,17,18,19,21). The van der Waals surface area contributed by atoms with Crippen molar-refractivity contribution < 1.29 is 18.0 Å². The molecule has 0 aromatic carbocycles. The predicted octanol–water partition coefficient (Wildman–Crippen LogP) is 2.09. The van der Waals surface area contributed by atoms with Gasteiger partial charge in [0.05, 0.1) is 6.54 Å². The monoisotopic (exact) mass is 302 g/mol. The number of nitrogens with zero attached hydrogens (tertiary/aromatic N) is 2. The van der Waals surface area contributed by atoms with Gasteiger partial charge >= 0.3 is 12.2 Å². The summed E-state index contributed by atoms with van der Waals surface area (Å²) in [5.74, 6) is 0.474. The number of aromatic nitrogens is 1. The summed E-state index contributed by atoms with van der Waals surface area (Å²) in [4.78, 5) is 16.9. The van der Waals surface area contributed by atoms with E-state index in [0.717, 1.165) is 0 Å². The normalized spacial score (nSPS) is 19.5. The van der Waals surface area contributed by atoms with Gasteiger partial charge in [-0.1, -0.05) is 6.07 Å². The van der Waals surface area contributed by atoms with Gasteiger partial charge in [0.25, 0.3) is 0 Å². The van der Waals surface area contributed by atoms with Gasteiger partial charge in [-0.25, -0.2) is 9.78 Å². The van der Waals surface area contributed by atoms with Crippen molar-refractivity contribution in [3.8, 4) is 0 Å². The first kappa shape index (κ1) is 15.6. The molecule has 1 fully saturated rings. The van der Waals surface area contributed by atoms with Gasteiger partial charge in [0.2, 0.25) is 0 Å². The van der Waals surface area contributed by atoms with Crippen LogP contribution in [-0.4, -0.2) is 48.3 Å². The highest BCUT2D eigenvalue weighted by atomic mass is 19.4. The fourth-order valence-electron chi connectivity index (χ4n) is 2.31. The molecule has 116 valence electrons. The molecule has 1 saturated heterocycles. The van der Waals surface area contributed by atoms with E-state index >= 15 is 0 Å². The van der Waals surface area contributed by atoms with Crippen LogP contribution in [0.25, 0.3) is 0 Å². The highest BCUT2D eigenvalue weighted by molar-refractivity contribution is 5.88. The molecule has 1 aromatic rings. The second-order valence-corrected chi connectivity index (χ2v) is 5.05. The molecule has 0 spiro atoms. The average Bonchev–Trinajstić information content (AvgIpc) is 2.83. The lowest BCUT2D eigenvalue weighted by atomic mass is 10.1. The van der Waals surface area contributed by atoms with Gasteiger partial charge in [-0.05, 0) is 31.0 Å². The van der Waals surface area contributed by atoms with Crippen molar-refractivity contribution in [1.29, 1.82) is 0 Å². The van der Waals surface area contributed by atoms with E-state index in [1.54, 1.807) is 24.4 Å². The highest BCUT2D eigenvalue weighted by Crippen LogP contribution is 2.22. The van der Waals surface area contributed by atoms with Crippen LogP contribution in [-0.2, 0) is 0 Å². The van der Waals surface area contributed by atoms with Crippen molar-refractivity contribution in [2.24, 2.45) is 5.92 Å². The number of amides is 2. The van der Waals surface area contributed by atoms with E-state index in [1.807, 2.05) is 0 Å². The molecule has 0 saturated carbocycles. The van der Waals surface area contributed by atoms with Gasteiger partial charge < -0.3 is 5.32 Å². The molecule has 0 bridgehead atoms. The summed E-state index contributed by atoms with van der Waals surface area (Å²) in [6.07, 6.45) is -1.96. The molecular formula is C13H17F3N4O. The number of halogens is 3. The van der Waals surface area contributed by atoms with Crippen molar-refractivity contribution in [1.82, 2.24) is 15.2 Å². The number of carbonyl (C=O) groups excluding carboxylic acids is 1. The maximum absolute atomic E-state index is 12.3. The van der Waals surface area contributed by atoms with Gasteiger partial charge in [-0.3, -0.25) is 10.2 Å². The Morgan fingerprint density at radius 3 is 2.90 bits per heavy atom. The molecule has 21 heavy (non-hydrogen) atoms. The van der Waals surface area contributed by atoms with E-state index in [9.17, 15) is 18.0 Å². The summed E-state index contributed by atoms with van der Waals surface area (Å²) in [5.41, 5.74) is 0. The number of alkyl halides is 3. The van der Waals surface area contributed by atoms with E-state index in [1.165, 1.54) is 4.90 Å². The fraction of sp³-hybridized carbons (Fsp3) is 0.538. The van der Waals surface area contributed by atoms with Crippen LogP contribution in [0.15, 0.2) is 24.4 Å². The SMILES string of the molecule is O=C(NCC1CCN(CC(F)(F)F)C1)Nc1ccccn1. The number of nitrogens with one attached hydrogen (secondary N) is 2. The number of urea groups is 1. The van der Waals surface area contributed by atoms with Gasteiger partial charge in [0, 0.05) is 19.3 Å². The van der Waals surface area contributed by atoms with Crippen LogP contribution < -0.4 is 10.6 Å². The van der Waals surface area contributed by atoms with Crippen molar-refractivity contribution in [3.05, 3.63) is 24.4 Å². The Morgan fingerprint density at radius 1 is 1.43 bits per heavy atom. The van der Waals surface area contributed by atoms with Crippen LogP contribution in [0.4, 0.5) is 23.8 Å². The highest BCUT2D eigenvalue weighted by Gasteiger charge is 2.34. The topological polar surface area (TPSA) is 57.3 Å². The van der Waals surface area contributed by atoms with Gasteiger partial charge in [0.1, 0.15) is 5.82 Å². The van der Waals surface area contributed by atoms with E-state index in [-0.39, 0.29) is 5.92 Å². The molecule has 1 aliphatic rings. The summed E-state index contributed by atoms with van der Waals surface area (Å²) in [7, 11) is 0. The van der Waals surface area contributed by atoms with E-state index in [4.69, 9.17) is 0 Å². The van der Waals surface area contributed by atoms with Gasteiger partial charge in [0.15, 0.2) is 0 Å². The number of hydrogen-bond acceptors (Lipinski definition) is 3. The number of likely N-dealkylation sites (tertiary alicyclic amines) is 1. The Labute approximate surface area is 120 Å². The summed E-state index contributed by atoms with van der Waals surface area (Å²) < 4.78 is 36.8. The minimum absolute atomic E-state index is 0.0434. The molecule has 2 rings (SSSR count). The molecular weight excluding hydrogens is 285 g/mol. The third-order valence-electron chi connectivity index (χ3n) is 3.23. The predicted molar refractivity (Wildman–Crippen MR) is 71.9 cm³/mol. The first-order valence-electron chi connectivity index (χ1n) is 6.67. The van der Waals surface area contributed by atoms with E-state index < -0.39 is 18.8 Å². The Hall–Kier alpha value is -1.83. The molecule has 1 atom stereocenters. The smallest absolute Gasteiger partial charge is 0.338 e. The number of rotatable bonds is 4. The number of pyridine rings is 1. The zero-order valence-corrected chi connectivity index (χ0v) is 11.4. The molecule has 2 N–H and O–H groups in total. The van der Waals surface area contributed by atoms with Crippen molar-refractivity contribution in [2.75, 3.05) is 31.5 Å². The van der Waals surface area contributed by atoms with Crippen molar-refractivity contribution in [3.63, 3.8) is 0 Å². The number of hydrogen-bond donors (Lipinski definition) is 2. The Bertz CT molecular complexity index is 466. The second-order valence-electron chi connectivity index (χ2n) is 5.05. The molecule has 1 unspecified atom stereocenters. The van der Waals surface area contributed by atoms with Gasteiger partial charge in [-0.2, -0.15) is 13.2 Å². The van der Waals surface area contributed by atoms with Crippen molar-refractivity contribution >= 4 is 11.8 Å². The van der Waals surface area contributed by atoms with Crippen LogP contribution in [0, 0.1) is 5.92 Å². The third kappa shape index (κ3) is 5.58. The van der Waals surface area contributed by atoms with Crippen molar-refractivity contribution in [2.45, 2.75) is 12.6 Å². The van der Waals surface area contributed by atoms with Crippen LogP contribution in [0.5, 0.6) is 0 Å². The Balaban J connectivity index is 1.68. The first-order chi connectivity index (χ1) is 9.92. The molecule has 1 aliphatic heterocycles. The summed E-state index contributed by atoms with van der Waals surface area (Å²) in [6.45, 7) is 0.230. The Morgan fingerprint density at radius 2 is 2.24 bits per heavy atom. The summed E-state index contributed by atoms with van der Waals surface area (Å²) in [5, 5.41) is 5.22. The number of anilines is 1. The third-order valence-corrected chi connectivity index (χ3v) is 3.23. The molecule has 0 radical (unpaired) electrons. The summed E-state index contributed by atoms with van der Waals surface area (Å²) >= 11 is 0. The molecule has 5 nitrogen and oxygen atoms in total. The molecule has 2 amide bonds. The van der Waals surface area contributed by atoms with E-state index in [0.29, 0.717) is 31.9 Å². The second kappa shape index (κ2) is 6.75. The molecule has 0 aliphatic carbocycles. The van der Waals surface area contributed by atoms with Crippen LogP contribution >= 0.6 is 0 Å².